The van der Waals surface area contributed by atoms with Gasteiger partial charge in [-0.2, -0.15) is 0 Å². The number of nitrogens with two attached hydrogens (primary N) is 1. The summed E-state index contributed by atoms with van der Waals surface area (Å²) in [5, 5.41) is 0.688. The van der Waals surface area contributed by atoms with Crippen molar-refractivity contribution in [2.24, 2.45) is 5.73 Å². The van der Waals surface area contributed by atoms with Crippen molar-refractivity contribution in [3.05, 3.63) is 28.3 Å². The van der Waals surface area contributed by atoms with Crippen molar-refractivity contribution < 1.29 is 4.74 Å². The summed E-state index contributed by atoms with van der Waals surface area (Å²) in [7, 11) is 0. The standard InChI is InChI=1S/C10H14ClNO/c1-7-3-4-9(13-6-5-12)10(11)8(7)2/h3-4H,5-6,12H2,1-2H3. The van der Waals surface area contributed by atoms with Crippen LogP contribution in [-0.4, -0.2) is 13.2 Å². The Kier molecular flexibility index (Phi) is 3.58. The molecule has 0 spiro atoms. The molecule has 0 amide bonds. The normalized spacial score (nSPS) is 10.2. The number of aryl methyl sites for hydroxylation is 1. The minimum Gasteiger partial charge on any atom is -0.491 e. The fraction of sp³-hybridized carbons (Fsp3) is 0.400. The van der Waals surface area contributed by atoms with Gasteiger partial charge in [-0.3, -0.25) is 0 Å². The lowest BCUT2D eigenvalue weighted by atomic mass is 10.1. The molecule has 1 aromatic carbocycles. The number of halogens is 1. The van der Waals surface area contributed by atoms with Crippen molar-refractivity contribution >= 4 is 11.6 Å². The Balaban J connectivity index is 2.90. The monoisotopic (exact) mass is 199 g/mol. The van der Waals surface area contributed by atoms with E-state index >= 15 is 0 Å². The Morgan fingerprint density at radius 1 is 1.38 bits per heavy atom. The molecule has 1 rings (SSSR count). The van der Waals surface area contributed by atoms with Gasteiger partial charge in [0.25, 0.3) is 0 Å². The maximum atomic E-state index is 6.07. The van der Waals surface area contributed by atoms with Crippen LogP contribution in [0, 0.1) is 13.8 Å². The Morgan fingerprint density at radius 2 is 2.08 bits per heavy atom. The zero-order valence-electron chi connectivity index (χ0n) is 7.93. The second kappa shape index (κ2) is 4.49. The maximum absolute atomic E-state index is 6.07. The molecule has 72 valence electrons. The molecule has 0 unspecified atom stereocenters. The molecule has 0 heterocycles. The third-order valence-electron chi connectivity index (χ3n) is 2.00. The van der Waals surface area contributed by atoms with Gasteiger partial charge in [0, 0.05) is 6.54 Å². The van der Waals surface area contributed by atoms with Crippen LogP contribution >= 0.6 is 11.6 Å². The summed E-state index contributed by atoms with van der Waals surface area (Å²) in [6, 6.07) is 3.87. The van der Waals surface area contributed by atoms with Gasteiger partial charge in [-0.25, -0.2) is 0 Å². The van der Waals surface area contributed by atoms with Crippen LogP contribution in [0.5, 0.6) is 5.75 Å². The van der Waals surface area contributed by atoms with Crippen LogP contribution in [0.15, 0.2) is 12.1 Å². The van der Waals surface area contributed by atoms with Gasteiger partial charge in [0.05, 0.1) is 5.02 Å². The van der Waals surface area contributed by atoms with Gasteiger partial charge >= 0.3 is 0 Å². The zero-order chi connectivity index (χ0) is 9.84. The molecular formula is C10H14ClNO. The van der Waals surface area contributed by atoms with Crippen molar-refractivity contribution in [1.82, 2.24) is 0 Å². The third-order valence-corrected chi connectivity index (χ3v) is 2.47. The number of benzene rings is 1. The molecule has 1 aromatic rings. The summed E-state index contributed by atoms with van der Waals surface area (Å²) in [6.07, 6.45) is 0. The number of hydrogen-bond donors (Lipinski definition) is 1. The Labute approximate surface area is 83.6 Å². The van der Waals surface area contributed by atoms with Gasteiger partial charge < -0.3 is 10.5 Å². The molecule has 0 atom stereocenters. The quantitative estimate of drug-likeness (QED) is 0.811. The molecule has 0 saturated carbocycles. The van der Waals surface area contributed by atoms with E-state index in [1.54, 1.807) is 0 Å². The fourth-order valence-electron chi connectivity index (χ4n) is 1.04. The molecular weight excluding hydrogens is 186 g/mol. The van der Waals surface area contributed by atoms with Crippen molar-refractivity contribution in [1.29, 1.82) is 0 Å². The van der Waals surface area contributed by atoms with Gasteiger partial charge in [0.2, 0.25) is 0 Å². The predicted molar refractivity (Wildman–Crippen MR) is 55.5 cm³/mol. The second-order valence-electron chi connectivity index (χ2n) is 2.96. The summed E-state index contributed by atoms with van der Waals surface area (Å²) in [5.74, 6) is 0.718. The average Bonchev–Trinajstić information content (AvgIpc) is 2.13. The van der Waals surface area contributed by atoms with E-state index in [1.165, 1.54) is 5.56 Å². The van der Waals surface area contributed by atoms with E-state index in [1.807, 2.05) is 26.0 Å². The predicted octanol–water partition coefficient (Wildman–Crippen LogP) is 2.29. The first-order valence-corrected chi connectivity index (χ1v) is 4.63. The number of hydrogen-bond acceptors (Lipinski definition) is 2. The molecule has 3 heteroatoms. The van der Waals surface area contributed by atoms with Crippen LogP contribution in [0.2, 0.25) is 5.02 Å². The van der Waals surface area contributed by atoms with Gasteiger partial charge in [-0.1, -0.05) is 17.7 Å². The molecule has 2 nitrogen and oxygen atoms in total. The average molecular weight is 200 g/mol. The molecule has 0 aliphatic rings. The second-order valence-corrected chi connectivity index (χ2v) is 3.33. The smallest absolute Gasteiger partial charge is 0.138 e. The summed E-state index contributed by atoms with van der Waals surface area (Å²) in [6.45, 7) is 5.01. The Hall–Kier alpha value is -0.730. The maximum Gasteiger partial charge on any atom is 0.138 e. The summed E-state index contributed by atoms with van der Waals surface area (Å²) >= 11 is 6.07. The lowest BCUT2D eigenvalue weighted by molar-refractivity contribution is 0.328. The molecule has 0 saturated heterocycles. The lowest BCUT2D eigenvalue weighted by Gasteiger charge is -2.10. The minimum atomic E-state index is 0.502. The molecule has 2 N–H and O–H groups in total. The van der Waals surface area contributed by atoms with Crippen LogP contribution < -0.4 is 10.5 Å². The highest BCUT2D eigenvalue weighted by atomic mass is 35.5. The van der Waals surface area contributed by atoms with E-state index in [4.69, 9.17) is 22.1 Å². The highest BCUT2D eigenvalue weighted by molar-refractivity contribution is 6.32. The van der Waals surface area contributed by atoms with E-state index in [0.717, 1.165) is 11.3 Å². The first-order chi connectivity index (χ1) is 6.16. The van der Waals surface area contributed by atoms with E-state index in [2.05, 4.69) is 0 Å². The SMILES string of the molecule is Cc1ccc(OCCN)c(Cl)c1C. The molecule has 0 aliphatic heterocycles. The summed E-state index contributed by atoms with van der Waals surface area (Å²) < 4.78 is 5.36. The lowest BCUT2D eigenvalue weighted by Crippen LogP contribution is -2.10. The number of ether oxygens (including phenoxy) is 1. The first-order valence-electron chi connectivity index (χ1n) is 4.25. The van der Waals surface area contributed by atoms with Gasteiger partial charge in [-0.15, -0.1) is 0 Å². The van der Waals surface area contributed by atoms with E-state index in [0.29, 0.717) is 18.2 Å². The van der Waals surface area contributed by atoms with Crippen LogP contribution in [0.1, 0.15) is 11.1 Å². The van der Waals surface area contributed by atoms with E-state index in [-0.39, 0.29) is 0 Å². The molecule has 0 aliphatic carbocycles. The molecule has 0 bridgehead atoms. The van der Waals surface area contributed by atoms with Crippen LogP contribution in [-0.2, 0) is 0 Å². The van der Waals surface area contributed by atoms with E-state index < -0.39 is 0 Å². The van der Waals surface area contributed by atoms with Crippen molar-refractivity contribution in [2.75, 3.05) is 13.2 Å². The topological polar surface area (TPSA) is 35.2 Å². The largest absolute Gasteiger partial charge is 0.491 e. The van der Waals surface area contributed by atoms with Gasteiger partial charge in [-0.05, 0) is 31.0 Å². The van der Waals surface area contributed by atoms with Crippen LogP contribution in [0.3, 0.4) is 0 Å². The molecule has 0 aromatic heterocycles. The third kappa shape index (κ3) is 2.36. The van der Waals surface area contributed by atoms with Gasteiger partial charge in [0.15, 0.2) is 0 Å². The highest BCUT2D eigenvalue weighted by Crippen LogP contribution is 2.29. The van der Waals surface area contributed by atoms with Crippen LogP contribution in [0.4, 0.5) is 0 Å². The highest BCUT2D eigenvalue weighted by Gasteiger charge is 2.05. The van der Waals surface area contributed by atoms with E-state index in [9.17, 15) is 0 Å². The summed E-state index contributed by atoms with van der Waals surface area (Å²) in [4.78, 5) is 0. The Morgan fingerprint density at radius 3 is 2.69 bits per heavy atom. The van der Waals surface area contributed by atoms with Crippen molar-refractivity contribution in [3.63, 3.8) is 0 Å². The summed E-state index contributed by atoms with van der Waals surface area (Å²) in [5.41, 5.74) is 7.56. The first kappa shape index (κ1) is 10.4. The number of rotatable bonds is 3. The van der Waals surface area contributed by atoms with Crippen LogP contribution in [0.25, 0.3) is 0 Å². The molecule has 0 radical (unpaired) electrons. The van der Waals surface area contributed by atoms with Crippen molar-refractivity contribution in [2.45, 2.75) is 13.8 Å². The van der Waals surface area contributed by atoms with Crippen molar-refractivity contribution in [3.8, 4) is 5.75 Å². The molecule has 13 heavy (non-hydrogen) atoms. The Bertz CT molecular complexity index is 299. The van der Waals surface area contributed by atoms with Gasteiger partial charge in [0.1, 0.15) is 12.4 Å². The molecule has 0 fully saturated rings. The fourth-order valence-corrected chi connectivity index (χ4v) is 1.30. The minimum absolute atomic E-state index is 0.502. The zero-order valence-corrected chi connectivity index (χ0v) is 8.69.